The van der Waals surface area contributed by atoms with Gasteiger partial charge in [0.1, 0.15) is 23.3 Å². The van der Waals surface area contributed by atoms with Crippen molar-refractivity contribution >= 4 is 23.1 Å². The SMILES string of the molecule is Cc1ccc(C2/C(=C(/O)c3ccc4c(c3)OCO4)C(=O)C(=O)N2c2ccc(F)c(F)c2)o1. The molecule has 1 saturated heterocycles. The minimum Gasteiger partial charge on any atom is -0.507 e. The van der Waals surface area contributed by atoms with Gasteiger partial charge in [0.15, 0.2) is 23.1 Å². The highest BCUT2D eigenvalue weighted by molar-refractivity contribution is 6.51. The molecule has 0 radical (unpaired) electrons. The molecular weight excluding hydrogens is 424 g/mol. The normalized spacial score (nSPS) is 19.1. The zero-order chi connectivity index (χ0) is 22.6. The molecule has 2 aliphatic heterocycles. The number of rotatable bonds is 3. The van der Waals surface area contributed by atoms with Gasteiger partial charge in [-0.15, -0.1) is 0 Å². The number of Topliss-reactive ketones (excluding diaryl/α,β-unsaturated/α-hetero) is 1. The van der Waals surface area contributed by atoms with Crippen LogP contribution in [0.3, 0.4) is 0 Å². The molecule has 0 saturated carbocycles. The van der Waals surface area contributed by atoms with Crippen molar-refractivity contribution in [3.63, 3.8) is 0 Å². The summed E-state index contributed by atoms with van der Waals surface area (Å²) in [6.45, 7) is 1.69. The number of ketones is 1. The van der Waals surface area contributed by atoms with Crippen molar-refractivity contribution < 1.29 is 37.4 Å². The maximum atomic E-state index is 13.9. The van der Waals surface area contributed by atoms with Gasteiger partial charge in [-0.25, -0.2) is 8.78 Å². The van der Waals surface area contributed by atoms with Crippen LogP contribution in [-0.4, -0.2) is 23.6 Å². The number of benzene rings is 2. The summed E-state index contributed by atoms with van der Waals surface area (Å²) in [5, 5.41) is 11.0. The van der Waals surface area contributed by atoms with Crippen LogP contribution in [0.2, 0.25) is 0 Å². The molecule has 1 unspecified atom stereocenters. The van der Waals surface area contributed by atoms with Gasteiger partial charge >= 0.3 is 0 Å². The number of carbonyl (C=O) groups is 2. The fourth-order valence-corrected chi connectivity index (χ4v) is 3.80. The largest absolute Gasteiger partial charge is 0.507 e. The first kappa shape index (κ1) is 19.8. The third-order valence-electron chi connectivity index (χ3n) is 5.30. The standard InChI is InChI=1S/C23H15F2NO6/c1-11-2-6-17(32-11)20-19(21(27)12-3-7-16-18(8-12)31-10-30-16)22(28)23(29)26(20)13-4-5-14(24)15(25)9-13/h2-9,20,27H,10H2,1H3/b21-19-. The Balaban J connectivity index is 1.70. The van der Waals surface area contributed by atoms with Gasteiger partial charge in [0, 0.05) is 17.3 Å². The zero-order valence-electron chi connectivity index (χ0n) is 16.6. The number of halogens is 2. The number of hydrogen-bond acceptors (Lipinski definition) is 6. The molecule has 1 fully saturated rings. The number of ether oxygens (including phenoxy) is 2. The van der Waals surface area contributed by atoms with Gasteiger partial charge < -0.3 is 19.0 Å². The van der Waals surface area contributed by atoms with Crippen LogP contribution in [-0.2, 0) is 9.59 Å². The third kappa shape index (κ3) is 3.01. The Morgan fingerprint density at radius 2 is 1.78 bits per heavy atom. The first-order valence-corrected chi connectivity index (χ1v) is 9.57. The second kappa shape index (κ2) is 7.23. The molecule has 0 bridgehead atoms. The Morgan fingerprint density at radius 3 is 2.50 bits per heavy atom. The number of aliphatic hydroxyl groups is 1. The Kier molecular flexibility index (Phi) is 4.47. The topological polar surface area (TPSA) is 89.2 Å². The maximum absolute atomic E-state index is 13.9. The number of carbonyl (C=O) groups excluding carboxylic acids is 2. The predicted molar refractivity (Wildman–Crippen MR) is 107 cm³/mol. The van der Waals surface area contributed by atoms with E-state index in [4.69, 9.17) is 13.9 Å². The molecule has 7 nitrogen and oxygen atoms in total. The first-order valence-electron chi connectivity index (χ1n) is 9.57. The van der Waals surface area contributed by atoms with Crippen molar-refractivity contribution in [1.82, 2.24) is 0 Å². The molecule has 5 rings (SSSR count). The van der Waals surface area contributed by atoms with Crippen LogP contribution in [0.4, 0.5) is 14.5 Å². The average Bonchev–Trinajstić information content (AvgIpc) is 3.48. The van der Waals surface area contributed by atoms with E-state index in [0.717, 1.165) is 17.0 Å². The van der Waals surface area contributed by atoms with E-state index < -0.39 is 35.1 Å². The fourth-order valence-electron chi connectivity index (χ4n) is 3.80. The molecule has 1 amide bonds. The predicted octanol–water partition coefficient (Wildman–Crippen LogP) is 4.22. The van der Waals surface area contributed by atoms with Crippen molar-refractivity contribution in [2.24, 2.45) is 0 Å². The molecule has 1 aromatic heterocycles. The fraction of sp³-hybridized carbons (Fsp3) is 0.130. The number of aryl methyl sites for hydroxylation is 1. The van der Waals surface area contributed by atoms with Crippen molar-refractivity contribution in [2.45, 2.75) is 13.0 Å². The van der Waals surface area contributed by atoms with Gasteiger partial charge in [0.05, 0.1) is 5.57 Å². The van der Waals surface area contributed by atoms with Crippen LogP contribution in [0.5, 0.6) is 11.5 Å². The molecule has 2 aromatic carbocycles. The lowest BCUT2D eigenvalue weighted by molar-refractivity contribution is -0.132. The van der Waals surface area contributed by atoms with Crippen LogP contribution in [0.25, 0.3) is 5.76 Å². The minimum atomic E-state index is -1.20. The molecular formula is C23H15F2NO6. The lowest BCUT2D eigenvalue weighted by atomic mass is 9.99. The summed E-state index contributed by atoms with van der Waals surface area (Å²) < 4.78 is 43.6. The minimum absolute atomic E-state index is 0.0196. The number of aliphatic hydroxyl groups excluding tert-OH is 1. The quantitative estimate of drug-likeness (QED) is 0.373. The Bertz CT molecular complexity index is 1310. The van der Waals surface area contributed by atoms with Gasteiger partial charge in [-0.1, -0.05) is 0 Å². The summed E-state index contributed by atoms with van der Waals surface area (Å²) in [6.07, 6.45) is 0. The highest BCUT2D eigenvalue weighted by atomic mass is 19.2. The van der Waals surface area contributed by atoms with E-state index in [1.807, 2.05) is 0 Å². The third-order valence-corrected chi connectivity index (χ3v) is 5.30. The summed E-state index contributed by atoms with van der Waals surface area (Å²) >= 11 is 0. The Labute approximate surface area is 180 Å². The number of anilines is 1. The van der Waals surface area contributed by atoms with E-state index in [2.05, 4.69) is 0 Å². The van der Waals surface area contributed by atoms with Crippen LogP contribution in [0.15, 0.2) is 58.5 Å². The van der Waals surface area contributed by atoms with Crippen molar-refractivity contribution in [3.05, 3.63) is 82.8 Å². The molecule has 9 heteroatoms. The van der Waals surface area contributed by atoms with Crippen LogP contribution < -0.4 is 14.4 Å². The summed E-state index contributed by atoms with van der Waals surface area (Å²) in [6, 6.07) is 9.37. The second-order valence-corrected chi connectivity index (χ2v) is 7.28. The van der Waals surface area contributed by atoms with Gasteiger partial charge in [0.2, 0.25) is 6.79 Å². The monoisotopic (exact) mass is 439 g/mol. The molecule has 0 spiro atoms. The van der Waals surface area contributed by atoms with E-state index in [0.29, 0.717) is 17.3 Å². The van der Waals surface area contributed by atoms with Gasteiger partial charge in [-0.2, -0.15) is 0 Å². The highest BCUT2D eigenvalue weighted by Crippen LogP contribution is 2.44. The van der Waals surface area contributed by atoms with E-state index in [1.54, 1.807) is 25.1 Å². The van der Waals surface area contributed by atoms with E-state index >= 15 is 0 Å². The van der Waals surface area contributed by atoms with E-state index in [-0.39, 0.29) is 29.4 Å². The van der Waals surface area contributed by atoms with Crippen molar-refractivity contribution in [2.75, 3.05) is 11.7 Å². The number of fused-ring (bicyclic) bond motifs is 1. The van der Waals surface area contributed by atoms with Crippen LogP contribution in [0, 0.1) is 18.6 Å². The molecule has 1 atom stereocenters. The molecule has 32 heavy (non-hydrogen) atoms. The molecule has 3 aromatic rings. The van der Waals surface area contributed by atoms with E-state index in [9.17, 15) is 23.5 Å². The summed E-state index contributed by atoms with van der Waals surface area (Å²) in [5.41, 5.74) is -0.103. The lowest BCUT2D eigenvalue weighted by Gasteiger charge is -2.23. The van der Waals surface area contributed by atoms with Crippen molar-refractivity contribution in [3.8, 4) is 11.5 Å². The first-order chi connectivity index (χ1) is 15.3. The number of hydrogen-bond donors (Lipinski definition) is 1. The van der Waals surface area contributed by atoms with Crippen LogP contribution >= 0.6 is 0 Å². The summed E-state index contributed by atoms with van der Waals surface area (Å²) in [5.74, 6) is -3.25. The smallest absolute Gasteiger partial charge is 0.300 e. The maximum Gasteiger partial charge on any atom is 0.300 e. The average molecular weight is 439 g/mol. The number of nitrogens with zero attached hydrogens (tertiary/aromatic N) is 1. The second-order valence-electron chi connectivity index (χ2n) is 7.28. The van der Waals surface area contributed by atoms with Crippen LogP contribution in [0.1, 0.15) is 23.1 Å². The molecule has 162 valence electrons. The van der Waals surface area contributed by atoms with Gasteiger partial charge in [0.25, 0.3) is 11.7 Å². The molecule has 3 heterocycles. The Morgan fingerprint density at radius 1 is 1.00 bits per heavy atom. The summed E-state index contributed by atoms with van der Waals surface area (Å²) in [7, 11) is 0. The number of amides is 1. The van der Waals surface area contributed by atoms with Crippen molar-refractivity contribution in [1.29, 1.82) is 0 Å². The zero-order valence-corrected chi connectivity index (χ0v) is 16.6. The Hall–Kier alpha value is -4.14. The number of furan rings is 1. The van der Waals surface area contributed by atoms with E-state index in [1.165, 1.54) is 18.2 Å². The highest BCUT2D eigenvalue weighted by Gasteiger charge is 2.48. The molecule has 1 N–H and O–H groups in total. The lowest BCUT2D eigenvalue weighted by Crippen LogP contribution is -2.29. The van der Waals surface area contributed by atoms with Gasteiger partial charge in [-0.3, -0.25) is 14.5 Å². The van der Waals surface area contributed by atoms with Gasteiger partial charge in [-0.05, 0) is 49.4 Å². The molecule has 0 aliphatic carbocycles. The summed E-state index contributed by atoms with van der Waals surface area (Å²) in [4.78, 5) is 26.9. The molecule has 2 aliphatic rings.